The molecular weight excluding hydrogens is 981 g/mol. The van der Waals surface area contributed by atoms with Gasteiger partial charge in [-0.1, -0.05) is 85.2 Å². The van der Waals surface area contributed by atoms with Gasteiger partial charge in [0.15, 0.2) is 0 Å². The third kappa shape index (κ3) is 19.5. The van der Waals surface area contributed by atoms with E-state index in [1.807, 2.05) is 50.1 Å². The fourth-order valence-electron chi connectivity index (χ4n) is 9.77. The van der Waals surface area contributed by atoms with Crippen molar-refractivity contribution in [2.75, 3.05) is 75.3 Å². The molecule has 426 valence electrons. The molecule has 21 nitrogen and oxygen atoms in total. The van der Waals surface area contributed by atoms with Crippen LogP contribution >= 0.6 is 0 Å². The summed E-state index contributed by atoms with van der Waals surface area (Å²) in [6.45, 7) is 15.1. The zero-order valence-electron chi connectivity index (χ0n) is 47.5. The van der Waals surface area contributed by atoms with Crippen LogP contribution in [0.2, 0.25) is 0 Å². The van der Waals surface area contributed by atoms with Crippen LogP contribution in [-0.2, 0) is 68.5 Å². The van der Waals surface area contributed by atoms with Gasteiger partial charge in [-0.15, -0.1) is 6.42 Å². The van der Waals surface area contributed by atoms with Crippen LogP contribution in [-0.4, -0.2) is 197 Å². The van der Waals surface area contributed by atoms with Crippen molar-refractivity contribution in [1.29, 1.82) is 0 Å². The van der Waals surface area contributed by atoms with E-state index in [4.69, 9.17) is 25.4 Å². The molecule has 2 rings (SSSR count). The molecule has 0 saturated carbocycles. The van der Waals surface area contributed by atoms with Crippen molar-refractivity contribution in [2.24, 2.45) is 23.7 Å². The number of esters is 1. The van der Waals surface area contributed by atoms with E-state index < -0.39 is 108 Å². The van der Waals surface area contributed by atoms with Gasteiger partial charge >= 0.3 is 5.97 Å². The Kier molecular flexibility index (Phi) is 28.8. The lowest BCUT2D eigenvalue weighted by Gasteiger charge is -2.41. The molecule has 1 aromatic carbocycles. The first kappa shape index (κ1) is 66.0. The molecule has 0 radical (unpaired) electrons. The van der Waals surface area contributed by atoms with E-state index in [2.05, 4.69) is 21.3 Å². The van der Waals surface area contributed by atoms with Gasteiger partial charge < -0.3 is 59.8 Å². The standard InChI is InChI=1S/C55H88N8O13/c1-16-36(7)49(42(74-13)33-46(67)63-28-21-24-41(63)50(75-14)37(8)51(68)58-40(55(72)76-15)32-39-22-19-18-20-23-39)61(11)54(71)47(34(3)4)59-52(69)48(35(5)6)60(10)53(70)38(9)57-44(65)26-30-62(45(66)17-2)29-25-43(64)56-27-31-73-12/h2,18-20,22-23,34-38,40-42,47-50H,16,21,24-33H2,1,3-15H3,(H,56,64)(H,57,65)(H,58,68)(H,59,69)/t36-,37+,38-,40-,41-,42+,47-,48-,49-,50+/m0/s1. The van der Waals surface area contributed by atoms with E-state index >= 15 is 0 Å². The van der Waals surface area contributed by atoms with Gasteiger partial charge in [-0.25, -0.2) is 4.79 Å². The van der Waals surface area contributed by atoms with Crippen LogP contribution in [0.5, 0.6) is 0 Å². The van der Waals surface area contributed by atoms with Crippen molar-refractivity contribution in [1.82, 2.24) is 40.9 Å². The summed E-state index contributed by atoms with van der Waals surface area (Å²) in [5, 5.41) is 11.0. The van der Waals surface area contributed by atoms with Crippen molar-refractivity contribution < 1.29 is 62.1 Å². The molecule has 0 spiro atoms. The normalized spacial score (nSPS) is 16.8. The number of amides is 8. The van der Waals surface area contributed by atoms with Crippen LogP contribution in [0.25, 0.3) is 0 Å². The number of carbonyl (C=O) groups excluding carboxylic acids is 9. The number of likely N-dealkylation sites (N-methyl/N-ethyl adjacent to an activating group) is 2. The number of ether oxygens (including phenoxy) is 4. The molecule has 0 unspecified atom stereocenters. The van der Waals surface area contributed by atoms with E-state index in [9.17, 15) is 43.2 Å². The van der Waals surface area contributed by atoms with Crippen molar-refractivity contribution in [3.63, 3.8) is 0 Å². The van der Waals surface area contributed by atoms with Crippen molar-refractivity contribution in [3.8, 4) is 12.3 Å². The molecule has 0 aliphatic carbocycles. The van der Waals surface area contributed by atoms with Gasteiger partial charge in [-0.05, 0) is 49.0 Å². The molecule has 1 saturated heterocycles. The Balaban J connectivity index is 2.24. The summed E-state index contributed by atoms with van der Waals surface area (Å²) in [5.74, 6) is -4.28. The van der Waals surface area contributed by atoms with E-state index in [0.717, 1.165) is 5.56 Å². The first-order valence-electron chi connectivity index (χ1n) is 26.4. The molecule has 1 aromatic rings. The number of nitrogens with one attached hydrogen (secondary N) is 4. The molecule has 1 aliphatic rings. The number of likely N-dealkylation sites (tertiary alicyclic amines) is 1. The van der Waals surface area contributed by atoms with Gasteiger partial charge in [0.25, 0.3) is 5.91 Å². The number of rotatable bonds is 32. The monoisotopic (exact) mass is 1070 g/mol. The molecule has 0 aromatic heterocycles. The predicted octanol–water partition coefficient (Wildman–Crippen LogP) is 1.94. The number of hydrogen-bond donors (Lipinski definition) is 4. The number of carbonyl (C=O) groups is 9. The number of hydrogen-bond acceptors (Lipinski definition) is 13. The average molecular weight is 1070 g/mol. The third-order valence-corrected chi connectivity index (χ3v) is 14.2. The summed E-state index contributed by atoms with van der Waals surface area (Å²) in [6, 6.07) is 3.98. The van der Waals surface area contributed by atoms with Gasteiger partial charge in [-0.3, -0.25) is 38.4 Å². The minimum atomic E-state index is -1.09. The maximum atomic E-state index is 14.7. The summed E-state index contributed by atoms with van der Waals surface area (Å²) in [6.07, 6.45) is 5.50. The maximum Gasteiger partial charge on any atom is 0.328 e. The fraction of sp³-hybridized carbons (Fsp3) is 0.691. The summed E-state index contributed by atoms with van der Waals surface area (Å²) < 4.78 is 21.9. The van der Waals surface area contributed by atoms with Crippen LogP contribution in [0.1, 0.15) is 99.5 Å². The van der Waals surface area contributed by atoms with Crippen LogP contribution in [0.15, 0.2) is 30.3 Å². The third-order valence-electron chi connectivity index (χ3n) is 14.2. The lowest BCUT2D eigenvalue weighted by atomic mass is 9.89. The van der Waals surface area contributed by atoms with E-state index in [1.54, 1.807) is 46.6 Å². The highest BCUT2D eigenvalue weighted by Crippen LogP contribution is 2.30. The molecular formula is C55H88N8O13. The number of terminal acetylenes is 1. The summed E-state index contributed by atoms with van der Waals surface area (Å²) in [7, 11) is 8.81. The predicted molar refractivity (Wildman–Crippen MR) is 286 cm³/mol. The highest BCUT2D eigenvalue weighted by molar-refractivity contribution is 5.95. The Bertz CT molecular complexity index is 2120. The summed E-state index contributed by atoms with van der Waals surface area (Å²) >= 11 is 0. The Morgan fingerprint density at radius 2 is 1.42 bits per heavy atom. The van der Waals surface area contributed by atoms with Gasteiger partial charge in [0.1, 0.15) is 24.2 Å². The molecule has 0 bridgehead atoms. The second-order valence-electron chi connectivity index (χ2n) is 20.3. The van der Waals surface area contributed by atoms with Gasteiger partial charge in [0.05, 0.1) is 50.3 Å². The van der Waals surface area contributed by atoms with Crippen molar-refractivity contribution in [3.05, 3.63) is 35.9 Å². The second-order valence-corrected chi connectivity index (χ2v) is 20.3. The Morgan fingerprint density at radius 1 is 0.789 bits per heavy atom. The van der Waals surface area contributed by atoms with Crippen LogP contribution in [0.3, 0.4) is 0 Å². The topological polar surface area (TPSA) is 252 Å². The first-order valence-corrected chi connectivity index (χ1v) is 26.4. The summed E-state index contributed by atoms with van der Waals surface area (Å²) in [4.78, 5) is 127. The number of methoxy groups -OCH3 is 4. The minimum Gasteiger partial charge on any atom is -0.467 e. The largest absolute Gasteiger partial charge is 0.467 e. The van der Waals surface area contributed by atoms with Gasteiger partial charge in [-0.2, -0.15) is 0 Å². The Hall–Kier alpha value is -6.11. The van der Waals surface area contributed by atoms with E-state index in [0.29, 0.717) is 32.4 Å². The summed E-state index contributed by atoms with van der Waals surface area (Å²) in [5.41, 5.74) is 0.838. The van der Waals surface area contributed by atoms with E-state index in [1.165, 1.54) is 57.1 Å². The lowest BCUT2D eigenvalue weighted by molar-refractivity contribution is -0.149. The molecule has 21 heteroatoms. The maximum absolute atomic E-state index is 14.7. The Labute approximate surface area is 450 Å². The molecule has 1 heterocycles. The van der Waals surface area contributed by atoms with Crippen molar-refractivity contribution in [2.45, 2.75) is 149 Å². The number of benzene rings is 1. The van der Waals surface area contributed by atoms with Gasteiger partial charge in [0.2, 0.25) is 41.4 Å². The highest BCUT2D eigenvalue weighted by Gasteiger charge is 2.44. The second kappa shape index (κ2) is 33.1. The zero-order valence-corrected chi connectivity index (χ0v) is 47.5. The van der Waals surface area contributed by atoms with Crippen LogP contribution in [0.4, 0.5) is 0 Å². The van der Waals surface area contributed by atoms with Crippen LogP contribution in [0, 0.1) is 36.0 Å². The SMILES string of the molecule is C#CC(=O)N(CCC(=O)NCCOC)CCC(=O)N[C@@H](C)C(=O)N(C)[C@H](C(=O)N[C@H](C(=O)N(C)[C@@H]([C@@H](C)CC)[C@@H](CC(=O)N1CCC[C@H]1[C@H](OC)[C@@H](C)C(=O)N[C@@H](Cc1ccccc1)C(=O)OC)OC)C(C)C)C(C)C. The quantitative estimate of drug-likeness (QED) is 0.0458. The Morgan fingerprint density at radius 3 is 1.96 bits per heavy atom. The molecule has 1 fully saturated rings. The minimum absolute atomic E-state index is 0.0315. The smallest absolute Gasteiger partial charge is 0.328 e. The molecule has 4 N–H and O–H groups in total. The van der Waals surface area contributed by atoms with Crippen LogP contribution < -0.4 is 21.3 Å². The number of nitrogens with zero attached hydrogens (tertiary/aromatic N) is 4. The average Bonchev–Trinajstić information content (AvgIpc) is 3.88. The zero-order chi connectivity index (χ0) is 57.4. The molecule has 76 heavy (non-hydrogen) atoms. The highest BCUT2D eigenvalue weighted by atomic mass is 16.5. The molecule has 10 atom stereocenters. The molecule has 8 amide bonds. The lowest BCUT2D eigenvalue weighted by Crippen LogP contribution is -2.61. The first-order chi connectivity index (χ1) is 35.9. The van der Waals surface area contributed by atoms with Crippen molar-refractivity contribution >= 4 is 53.2 Å². The molecule has 1 aliphatic heterocycles. The van der Waals surface area contributed by atoms with E-state index in [-0.39, 0.29) is 63.0 Å². The van der Waals surface area contributed by atoms with Gasteiger partial charge in [0, 0.05) is 80.9 Å². The fourth-order valence-corrected chi connectivity index (χ4v) is 9.77.